The molecule has 4 aromatic carbocycles. The molecular formula is C58H63BCl2F2N12O9S2U. The first kappa shape index (κ1) is 73.8. The maximum absolute atomic E-state index is 13.8. The Morgan fingerprint density at radius 1 is 0.621 bits per heavy atom. The number of carbonyl (C=O) groups is 6. The number of carboxylic acid groups (broad SMARTS) is 1. The Balaban J connectivity index is 0.000000509. The number of hydrogen-bond acceptors (Lipinski definition) is 15. The zero-order valence-electron chi connectivity index (χ0n) is 48.0. The molecule has 29 heteroatoms. The van der Waals surface area contributed by atoms with Crippen LogP contribution in [0.2, 0.25) is 10.0 Å². The molecule has 0 spiro atoms. The van der Waals surface area contributed by atoms with Crippen LogP contribution >= 0.6 is 50.2 Å². The Kier molecular flexibility index (Phi) is 33.3. The van der Waals surface area contributed by atoms with Gasteiger partial charge in [-0.2, -0.15) is 27.0 Å². The Morgan fingerprint density at radius 3 is 1.45 bits per heavy atom. The Hall–Kier alpha value is -7.50. The zero-order valence-corrected chi connectivity index (χ0v) is 54.7. The first-order chi connectivity index (χ1) is 41.0. The predicted octanol–water partition coefficient (Wildman–Crippen LogP) is 8.55. The summed E-state index contributed by atoms with van der Waals surface area (Å²) in [5.41, 5.74) is 7.60. The number of rotatable bonds is 21. The van der Waals surface area contributed by atoms with Gasteiger partial charge >= 0.3 is 18.2 Å². The first-order valence-corrected chi connectivity index (χ1v) is 26.4. The zero-order chi connectivity index (χ0) is 61.7. The molecule has 0 bridgehead atoms. The smallest absolute Gasteiger partial charge is 0.412 e. The van der Waals surface area contributed by atoms with E-state index >= 15 is 0 Å². The molecule has 87 heavy (non-hydrogen) atoms. The standard InChI is InChI=1S/C29H28ClFN6O4.C24H23ClFN3O5.C5H7N3.BH.2H2S.U/c1-37(27(39)10-9-19-7-4-8-24(31)28(19)30)23(14-26(38)35-17-22-16-32-11-12-33-22)18-41-29(40)36-25-13-20-5-2-3-6-21(20)15-34-25;1-29(21(30)10-9-15-7-4-8-19(26)23(15)25)18(12-22(31)32)14-34-24(33)28-20-11-16-5-2-3-6-17(16)13-27-20;6-3-5-4-7-1-2-8-5;;;;/h2-8,11-13,15-16,23H,9-10,14,17-18H2,1H3,(H,35,38)(H,34,36,40);2-8,11,13,18H,9-10,12,14H2,1H3,(H,31,32)(H,27,28,33);1-2,4H,3,6H2;1H;2*1H2;/t23-;18-;;;;;/m00...../s1/i;;;1T;;;. The molecule has 8 aromatic rings. The van der Waals surface area contributed by atoms with Crippen LogP contribution in [-0.4, -0.2) is 130 Å². The number of aromatic nitrogens is 6. The van der Waals surface area contributed by atoms with E-state index in [1.807, 2.05) is 48.5 Å². The van der Waals surface area contributed by atoms with Crippen molar-refractivity contribution in [2.75, 3.05) is 37.9 Å². The third-order valence-electron chi connectivity index (χ3n) is 12.4. The molecule has 0 saturated heterocycles. The second-order valence-corrected chi connectivity index (χ2v) is 19.0. The number of aryl methyl sites for hydroxylation is 2. The van der Waals surface area contributed by atoms with Crippen molar-refractivity contribution in [1.82, 2.24) is 45.0 Å². The van der Waals surface area contributed by atoms with Crippen LogP contribution in [0.1, 0.15) is 48.2 Å². The molecular weight excluding hydrogens is 1430 g/mol. The second-order valence-electron chi connectivity index (χ2n) is 18.2. The van der Waals surface area contributed by atoms with Gasteiger partial charge in [0.05, 0.1) is 59.1 Å². The number of ether oxygens (including phenoxy) is 2. The van der Waals surface area contributed by atoms with Gasteiger partial charge in [-0.15, -0.1) is 0 Å². The summed E-state index contributed by atoms with van der Waals surface area (Å²) < 4.78 is 43.2. The maximum Gasteiger partial charge on any atom is 0.412 e. The van der Waals surface area contributed by atoms with Crippen molar-refractivity contribution in [2.45, 2.75) is 63.7 Å². The summed E-state index contributed by atoms with van der Waals surface area (Å²) in [5, 5.41) is 20.5. The fourth-order valence-corrected chi connectivity index (χ4v) is 8.24. The van der Waals surface area contributed by atoms with Crippen molar-refractivity contribution < 1.29 is 83.2 Å². The molecule has 4 aromatic heterocycles. The summed E-state index contributed by atoms with van der Waals surface area (Å²) in [6, 6.07) is 25.5. The summed E-state index contributed by atoms with van der Waals surface area (Å²) in [4.78, 5) is 101. The van der Waals surface area contributed by atoms with Crippen LogP contribution in [-0.2, 0) is 54.6 Å². The van der Waals surface area contributed by atoms with E-state index in [9.17, 15) is 42.7 Å². The summed E-state index contributed by atoms with van der Waals surface area (Å²) in [7, 11) is 6.69. The van der Waals surface area contributed by atoms with Crippen LogP contribution in [0.15, 0.2) is 147 Å². The van der Waals surface area contributed by atoms with Gasteiger partial charge in [0, 0.05) is 127 Å². The van der Waals surface area contributed by atoms with Crippen LogP contribution < -0.4 is 21.7 Å². The summed E-state index contributed by atoms with van der Waals surface area (Å²) in [6.07, 6.45) is 10.9. The monoisotopic (exact) mass is 1490 g/mol. The van der Waals surface area contributed by atoms with Gasteiger partial charge in [-0.25, -0.2) is 28.3 Å². The third-order valence-corrected chi connectivity index (χ3v) is 13.3. The molecule has 21 nitrogen and oxygen atoms in total. The molecule has 5 amide bonds. The van der Waals surface area contributed by atoms with E-state index < -0.39 is 54.2 Å². The van der Waals surface area contributed by atoms with Gasteiger partial charge in [0.15, 0.2) is 0 Å². The normalized spacial score (nSPS) is 10.9. The Morgan fingerprint density at radius 2 is 1.05 bits per heavy atom. The number of anilines is 2. The number of halogens is 4. The number of hydrogen-bond donors (Lipinski definition) is 5. The molecule has 0 aliphatic rings. The molecule has 2 radical (unpaired) electrons. The van der Waals surface area contributed by atoms with Gasteiger partial charge in [0.2, 0.25) is 17.7 Å². The molecule has 8 rings (SSSR count). The first-order valence-electron chi connectivity index (χ1n) is 26.2. The van der Waals surface area contributed by atoms with Crippen molar-refractivity contribution in [3.8, 4) is 0 Å². The number of nitrogens with one attached hydrogen (secondary N) is 3. The minimum atomic E-state index is -1.15. The Bertz CT molecular complexity index is 3530. The van der Waals surface area contributed by atoms with Gasteiger partial charge < -0.3 is 35.4 Å². The van der Waals surface area contributed by atoms with Crippen LogP contribution in [0.5, 0.6) is 0 Å². The number of fused-ring (bicyclic) bond motifs is 2. The fourth-order valence-electron chi connectivity index (χ4n) is 7.80. The van der Waals surface area contributed by atoms with E-state index in [1.54, 1.807) is 55.2 Å². The van der Waals surface area contributed by atoms with Gasteiger partial charge in [-0.1, -0.05) is 96.0 Å². The predicted molar refractivity (Wildman–Crippen MR) is 335 cm³/mol. The number of amides is 5. The summed E-state index contributed by atoms with van der Waals surface area (Å²) in [6.45, 7) is 0.00750. The molecule has 0 aliphatic carbocycles. The molecule has 4 heterocycles. The minimum Gasteiger partial charge on any atom is -0.481 e. The molecule has 0 unspecified atom stereocenters. The molecule has 0 saturated carbocycles. The van der Waals surface area contributed by atoms with E-state index in [1.165, 1.54) is 66.8 Å². The molecule has 456 valence electrons. The summed E-state index contributed by atoms with van der Waals surface area (Å²) >= 11 is 11.9. The maximum atomic E-state index is 13.8. The quantitative estimate of drug-likeness (QED) is 0.0421. The summed E-state index contributed by atoms with van der Waals surface area (Å²) in [5.74, 6) is -2.85. The molecule has 6 N–H and O–H groups in total. The van der Waals surface area contributed by atoms with Crippen molar-refractivity contribution in [3.63, 3.8) is 0 Å². The van der Waals surface area contributed by atoms with E-state index in [-0.39, 0.29) is 138 Å². The van der Waals surface area contributed by atoms with Gasteiger partial charge in [0.25, 0.3) is 0 Å². The van der Waals surface area contributed by atoms with Gasteiger partial charge in [-0.05, 0) is 60.3 Å². The average Bonchev–Trinajstić information content (AvgIpc) is 3.70. The number of carboxylic acids is 1. The number of carbonyl (C=O) groups excluding carboxylic acids is 5. The van der Waals surface area contributed by atoms with E-state index in [0.717, 1.165) is 27.2 Å². The fraction of sp³-hybridized carbons (Fsp3) is 0.241. The number of likely N-dealkylation sites (N-methyl/N-ethyl adjacent to an activating group) is 2. The van der Waals surface area contributed by atoms with Crippen molar-refractivity contribution >= 4 is 128 Å². The van der Waals surface area contributed by atoms with Crippen LogP contribution in [0, 0.1) is 42.7 Å². The number of aliphatic carboxylic acids is 1. The number of nitrogens with two attached hydrogens (primary N) is 1. The van der Waals surface area contributed by atoms with E-state index in [4.69, 9.17) is 39.7 Å². The third kappa shape index (κ3) is 25.0. The SMILES string of the molecule is CN(C(=O)CCc1cccc(F)c1Cl)[C@H](COC(=O)Nc1cc2ccccc2cn1)CC(=O)NCc1cnccn1.CN(C(=O)CCc1cccc(F)c1Cl)[C@H](COC(=O)Nc1cc2ccccc2cn1)CC(=O)O.NCc1cnccn1.S.S.[3H][B].[U]. The second kappa shape index (κ2) is 39.3. The van der Waals surface area contributed by atoms with Crippen molar-refractivity contribution in [2.24, 2.45) is 5.73 Å². The van der Waals surface area contributed by atoms with Crippen LogP contribution in [0.25, 0.3) is 21.5 Å². The molecule has 2 atom stereocenters. The van der Waals surface area contributed by atoms with E-state index in [0.29, 0.717) is 29.2 Å². The largest absolute Gasteiger partial charge is 0.481 e. The number of pyridine rings is 2. The topological polar surface area (TPSA) is 287 Å². The van der Waals surface area contributed by atoms with Gasteiger partial charge in [-0.3, -0.25) is 49.7 Å². The molecule has 0 aliphatic heterocycles. The van der Waals surface area contributed by atoms with Crippen molar-refractivity contribution in [3.05, 3.63) is 191 Å². The average molecular weight is 1500 g/mol. The van der Waals surface area contributed by atoms with Crippen molar-refractivity contribution in [1.29, 1.82) is 1.34 Å². The van der Waals surface area contributed by atoms with E-state index in [2.05, 4.69) is 54.2 Å². The van der Waals surface area contributed by atoms with Crippen LogP contribution in [0.4, 0.5) is 30.0 Å². The Labute approximate surface area is 551 Å². The number of benzene rings is 4. The van der Waals surface area contributed by atoms with Crippen LogP contribution in [0.3, 0.4) is 0 Å². The molecule has 0 fully saturated rings. The number of nitrogens with zero attached hydrogens (tertiary/aromatic N) is 8. The minimum absolute atomic E-state index is 0. The van der Waals surface area contributed by atoms with Gasteiger partial charge in [0.1, 0.15) is 36.5 Å².